The zero-order chi connectivity index (χ0) is 12.8. The smallest absolute Gasteiger partial charge is 0.0516 e. The molecule has 1 saturated heterocycles. The number of anilines is 1. The normalized spacial score (nSPS) is 19.1. The molecule has 0 aliphatic carbocycles. The molecule has 1 fully saturated rings. The summed E-state index contributed by atoms with van der Waals surface area (Å²) in [6.07, 6.45) is 2.52. The molecule has 100 valence electrons. The molecule has 2 aromatic rings. The lowest BCUT2D eigenvalue weighted by atomic mass is 10.0. The van der Waals surface area contributed by atoms with E-state index in [-0.39, 0.29) is 0 Å². The Morgan fingerprint density at radius 3 is 2.74 bits per heavy atom. The molecule has 19 heavy (non-hydrogen) atoms. The van der Waals surface area contributed by atoms with Crippen LogP contribution in [0.25, 0.3) is 10.9 Å². The predicted molar refractivity (Wildman–Crippen MR) is 80.1 cm³/mol. The van der Waals surface area contributed by atoms with Crippen molar-refractivity contribution in [1.29, 1.82) is 0 Å². The lowest BCUT2D eigenvalue weighted by Gasteiger charge is -2.30. The molecule has 0 atom stereocenters. The Labute approximate surface area is 114 Å². The molecule has 3 nitrogen and oxygen atoms in total. The molecule has 2 aliphatic rings. The number of nitrogens with zero attached hydrogens (tertiary/aromatic N) is 2. The number of hydrogen-bond acceptors (Lipinski definition) is 2. The number of hydrogen-bond donors (Lipinski definition) is 1. The van der Waals surface area contributed by atoms with E-state index in [0.717, 1.165) is 26.2 Å². The van der Waals surface area contributed by atoms with Gasteiger partial charge in [0.2, 0.25) is 0 Å². The van der Waals surface area contributed by atoms with E-state index in [1.165, 1.54) is 41.7 Å². The fourth-order valence-corrected chi connectivity index (χ4v) is 3.63. The van der Waals surface area contributed by atoms with Crippen LogP contribution in [0.15, 0.2) is 18.2 Å². The number of piperazine rings is 1. The molecule has 2 aliphatic heterocycles. The highest BCUT2D eigenvalue weighted by Crippen LogP contribution is 2.32. The summed E-state index contributed by atoms with van der Waals surface area (Å²) in [5, 5.41) is 4.86. The summed E-state index contributed by atoms with van der Waals surface area (Å²) in [5.74, 6) is 0. The predicted octanol–water partition coefficient (Wildman–Crippen LogP) is 2.31. The van der Waals surface area contributed by atoms with Gasteiger partial charge in [0.15, 0.2) is 0 Å². The standard InChI is InChI=1S/C16H21N3/c1-12-9-14-11-15(18-7-4-17-5-8-18)10-13-3-2-6-19(12)16(13)14/h9-11,17H,2-8H2,1H3. The van der Waals surface area contributed by atoms with Gasteiger partial charge >= 0.3 is 0 Å². The minimum absolute atomic E-state index is 1.10. The summed E-state index contributed by atoms with van der Waals surface area (Å²) in [6.45, 7) is 7.89. The lowest BCUT2D eigenvalue weighted by Crippen LogP contribution is -2.43. The second-order valence-corrected chi connectivity index (χ2v) is 5.82. The Bertz CT molecular complexity index is 620. The summed E-state index contributed by atoms with van der Waals surface area (Å²) < 4.78 is 2.50. The quantitative estimate of drug-likeness (QED) is 0.844. The Balaban J connectivity index is 1.85. The third-order valence-electron chi connectivity index (χ3n) is 4.57. The van der Waals surface area contributed by atoms with Gasteiger partial charge in [-0.25, -0.2) is 0 Å². The van der Waals surface area contributed by atoms with E-state index in [1.54, 1.807) is 5.56 Å². The van der Waals surface area contributed by atoms with Gasteiger partial charge < -0.3 is 14.8 Å². The van der Waals surface area contributed by atoms with Crippen LogP contribution in [0.1, 0.15) is 17.7 Å². The summed E-state index contributed by atoms with van der Waals surface area (Å²) in [7, 11) is 0. The van der Waals surface area contributed by atoms with Crippen molar-refractivity contribution in [3.63, 3.8) is 0 Å². The molecule has 0 amide bonds. The van der Waals surface area contributed by atoms with Crippen LogP contribution in [0.3, 0.4) is 0 Å². The number of benzene rings is 1. The van der Waals surface area contributed by atoms with Crippen molar-refractivity contribution in [2.24, 2.45) is 0 Å². The number of rotatable bonds is 1. The first-order chi connectivity index (χ1) is 9.33. The Morgan fingerprint density at radius 1 is 1.05 bits per heavy atom. The highest BCUT2D eigenvalue weighted by molar-refractivity contribution is 5.88. The average Bonchev–Trinajstić information content (AvgIpc) is 2.78. The van der Waals surface area contributed by atoms with Gasteiger partial charge in [-0.15, -0.1) is 0 Å². The van der Waals surface area contributed by atoms with E-state index >= 15 is 0 Å². The molecule has 1 N–H and O–H groups in total. The van der Waals surface area contributed by atoms with Crippen LogP contribution in [0.5, 0.6) is 0 Å². The van der Waals surface area contributed by atoms with E-state index in [9.17, 15) is 0 Å². The van der Waals surface area contributed by atoms with Crippen LogP contribution < -0.4 is 10.2 Å². The maximum atomic E-state index is 3.43. The first-order valence-electron chi connectivity index (χ1n) is 7.41. The summed E-state index contributed by atoms with van der Waals surface area (Å²) >= 11 is 0. The number of aryl methyl sites for hydroxylation is 3. The highest BCUT2D eigenvalue weighted by atomic mass is 15.2. The molecular formula is C16H21N3. The largest absolute Gasteiger partial charge is 0.369 e. The fraction of sp³-hybridized carbons (Fsp3) is 0.500. The minimum Gasteiger partial charge on any atom is -0.369 e. The van der Waals surface area contributed by atoms with Gasteiger partial charge in [-0.1, -0.05) is 0 Å². The summed E-state index contributed by atoms with van der Waals surface area (Å²) in [6, 6.07) is 7.18. The van der Waals surface area contributed by atoms with Crippen molar-refractivity contribution in [2.45, 2.75) is 26.3 Å². The second kappa shape index (κ2) is 4.27. The van der Waals surface area contributed by atoms with E-state index in [2.05, 4.69) is 39.9 Å². The Morgan fingerprint density at radius 2 is 1.89 bits per heavy atom. The number of nitrogens with one attached hydrogen (secondary N) is 1. The van der Waals surface area contributed by atoms with Crippen molar-refractivity contribution >= 4 is 16.6 Å². The molecular weight excluding hydrogens is 234 g/mol. The third kappa shape index (κ3) is 1.76. The van der Waals surface area contributed by atoms with Gasteiger partial charge in [0.25, 0.3) is 0 Å². The van der Waals surface area contributed by atoms with Gasteiger partial charge in [-0.2, -0.15) is 0 Å². The Kier molecular flexibility index (Phi) is 2.55. The van der Waals surface area contributed by atoms with Crippen molar-refractivity contribution < 1.29 is 0 Å². The first kappa shape index (κ1) is 11.4. The van der Waals surface area contributed by atoms with Crippen LogP contribution >= 0.6 is 0 Å². The molecule has 3 heteroatoms. The molecule has 1 aromatic heterocycles. The van der Waals surface area contributed by atoms with Crippen LogP contribution in [0.4, 0.5) is 5.69 Å². The molecule has 0 spiro atoms. The van der Waals surface area contributed by atoms with Crippen molar-refractivity contribution in [2.75, 3.05) is 31.1 Å². The lowest BCUT2D eigenvalue weighted by molar-refractivity contribution is 0.588. The van der Waals surface area contributed by atoms with E-state index in [0.29, 0.717) is 0 Å². The van der Waals surface area contributed by atoms with Crippen LogP contribution in [-0.2, 0) is 13.0 Å². The van der Waals surface area contributed by atoms with Gasteiger partial charge in [0, 0.05) is 49.5 Å². The maximum Gasteiger partial charge on any atom is 0.0516 e. The van der Waals surface area contributed by atoms with Crippen LogP contribution in [-0.4, -0.2) is 30.7 Å². The maximum absolute atomic E-state index is 3.43. The number of aromatic nitrogens is 1. The average molecular weight is 255 g/mol. The third-order valence-corrected chi connectivity index (χ3v) is 4.57. The summed E-state index contributed by atoms with van der Waals surface area (Å²) in [5.41, 5.74) is 5.87. The second-order valence-electron chi connectivity index (χ2n) is 5.82. The van der Waals surface area contributed by atoms with E-state index in [1.807, 2.05) is 0 Å². The molecule has 4 rings (SSSR count). The molecule has 1 aromatic carbocycles. The zero-order valence-electron chi connectivity index (χ0n) is 11.6. The van der Waals surface area contributed by atoms with Gasteiger partial charge in [0.05, 0.1) is 5.52 Å². The first-order valence-corrected chi connectivity index (χ1v) is 7.41. The topological polar surface area (TPSA) is 20.2 Å². The van der Waals surface area contributed by atoms with Crippen molar-refractivity contribution in [3.8, 4) is 0 Å². The van der Waals surface area contributed by atoms with Gasteiger partial charge in [-0.05, 0) is 43.5 Å². The van der Waals surface area contributed by atoms with E-state index in [4.69, 9.17) is 0 Å². The molecule has 0 saturated carbocycles. The van der Waals surface area contributed by atoms with E-state index < -0.39 is 0 Å². The van der Waals surface area contributed by atoms with Crippen LogP contribution in [0.2, 0.25) is 0 Å². The highest BCUT2D eigenvalue weighted by Gasteiger charge is 2.18. The van der Waals surface area contributed by atoms with Gasteiger partial charge in [0.1, 0.15) is 0 Å². The fourth-order valence-electron chi connectivity index (χ4n) is 3.63. The summed E-state index contributed by atoms with van der Waals surface area (Å²) in [4.78, 5) is 2.52. The SMILES string of the molecule is Cc1cc2cc(N3CCNCC3)cc3c2n1CCC3. The molecule has 3 heterocycles. The zero-order valence-corrected chi connectivity index (χ0v) is 11.6. The monoisotopic (exact) mass is 255 g/mol. The molecule has 0 bridgehead atoms. The Hall–Kier alpha value is -1.48. The molecule has 0 unspecified atom stereocenters. The minimum atomic E-state index is 1.10. The molecule has 0 radical (unpaired) electrons. The van der Waals surface area contributed by atoms with Crippen molar-refractivity contribution in [3.05, 3.63) is 29.5 Å². The van der Waals surface area contributed by atoms with Crippen LogP contribution in [0, 0.1) is 6.92 Å². The van der Waals surface area contributed by atoms with Gasteiger partial charge in [-0.3, -0.25) is 0 Å². The van der Waals surface area contributed by atoms with Crippen molar-refractivity contribution in [1.82, 2.24) is 9.88 Å².